The molecule has 4 nitrogen and oxygen atoms in total. The van der Waals surface area contributed by atoms with Crippen LogP contribution in [0.1, 0.15) is 22.9 Å². The fraction of sp³-hybridized carbons (Fsp3) is 0.0192. The Morgan fingerprint density at radius 2 is 0.875 bits per heavy atom. The standard InChI is InChI=1S/C52H36N4/c1-4-15-35(16-5-1)46-34-47(36-17-6-2-7-18-36)54-52(53-46)39-19-14-22-41(31-39)56-49-26-13-11-24-43(49)45-33-38(28-30-51(45)56)37-27-29-50-44(32-37)42-23-10-12-25-48(42)55(50)40-20-8-3-9-21-40/h1-34,52-53H. The van der Waals surface area contributed by atoms with Crippen molar-refractivity contribution in [2.24, 2.45) is 4.99 Å². The fourth-order valence-electron chi connectivity index (χ4n) is 8.52. The number of aromatic nitrogens is 2. The van der Waals surface area contributed by atoms with Crippen molar-refractivity contribution in [3.63, 3.8) is 0 Å². The number of hydrogen-bond donors (Lipinski definition) is 1. The summed E-state index contributed by atoms with van der Waals surface area (Å²) in [6.45, 7) is 0. The first-order chi connectivity index (χ1) is 27.8. The van der Waals surface area contributed by atoms with Gasteiger partial charge in [-0.2, -0.15) is 0 Å². The number of nitrogens with zero attached hydrogens (tertiary/aromatic N) is 3. The van der Waals surface area contributed by atoms with E-state index in [0.29, 0.717) is 0 Å². The summed E-state index contributed by atoms with van der Waals surface area (Å²) in [5, 5.41) is 8.72. The molecule has 1 aliphatic heterocycles. The molecule has 264 valence electrons. The lowest BCUT2D eigenvalue weighted by atomic mass is 10.0. The van der Waals surface area contributed by atoms with Crippen molar-refractivity contribution in [3.05, 3.63) is 223 Å². The van der Waals surface area contributed by atoms with Gasteiger partial charge in [0, 0.05) is 38.6 Å². The summed E-state index contributed by atoms with van der Waals surface area (Å²) in [5.41, 5.74) is 14.8. The van der Waals surface area contributed by atoms with Gasteiger partial charge in [0.1, 0.15) is 6.17 Å². The number of benzene rings is 8. The molecule has 0 radical (unpaired) electrons. The third kappa shape index (κ3) is 5.34. The van der Waals surface area contributed by atoms with Crippen LogP contribution in [0.15, 0.2) is 211 Å². The summed E-state index contributed by atoms with van der Waals surface area (Å²) in [6, 6.07) is 71.7. The summed E-state index contributed by atoms with van der Waals surface area (Å²) >= 11 is 0. The Balaban J connectivity index is 1.02. The average molecular weight is 717 g/mol. The smallest absolute Gasteiger partial charge is 0.145 e. The molecule has 4 heteroatoms. The molecular formula is C52H36N4. The SMILES string of the molecule is C1=C(c2ccccc2)NC(c2cccc(-n3c4ccccc4c4cc(-c5ccc6c(c5)c5ccccc5n6-c5ccccc5)ccc43)c2)N=C1c1ccccc1. The molecule has 0 fully saturated rings. The van der Waals surface area contributed by atoms with Crippen LogP contribution in [0.3, 0.4) is 0 Å². The largest absolute Gasteiger partial charge is 0.360 e. The molecule has 0 spiro atoms. The monoisotopic (exact) mass is 716 g/mol. The third-order valence-electron chi connectivity index (χ3n) is 11.1. The van der Waals surface area contributed by atoms with Crippen LogP contribution in [0.25, 0.3) is 71.8 Å². The fourth-order valence-corrected chi connectivity index (χ4v) is 8.52. The molecule has 1 atom stereocenters. The van der Waals surface area contributed by atoms with E-state index in [1.165, 1.54) is 60.4 Å². The van der Waals surface area contributed by atoms with Crippen LogP contribution in [0.2, 0.25) is 0 Å². The van der Waals surface area contributed by atoms with Crippen LogP contribution < -0.4 is 5.32 Å². The summed E-state index contributed by atoms with van der Waals surface area (Å²) < 4.78 is 4.77. The number of para-hydroxylation sites is 3. The van der Waals surface area contributed by atoms with Gasteiger partial charge in [0.25, 0.3) is 0 Å². The topological polar surface area (TPSA) is 34.2 Å². The lowest BCUT2D eigenvalue weighted by Gasteiger charge is -2.25. The highest BCUT2D eigenvalue weighted by molar-refractivity contribution is 6.14. The quantitative estimate of drug-likeness (QED) is 0.183. The number of hydrogen-bond acceptors (Lipinski definition) is 2. The minimum absolute atomic E-state index is 0.257. The van der Waals surface area contributed by atoms with Gasteiger partial charge in [0.05, 0.1) is 27.8 Å². The summed E-state index contributed by atoms with van der Waals surface area (Å²) in [5.74, 6) is 0. The van der Waals surface area contributed by atoms with E-state index in [-0.39, 0.29) is 6.17 Å². The number of nitrogens with one attached hydrogen (secondary N) is 1. The predicted molar refractivity (Wildman–Crippen MR) is 234 cm³/mol. The van der Waals surface area contributed by atoms with E-state index in [1.807, 2.05) is 6.07 Å². The van der Waals surface area contributed by atoms with Crippen molar-refractivity contribution in [1.29, 1.82) is 0 Å². The number of rotatable bonds is 6. The lowest BCUT2D eigenvalue weighted by molar-refractivity contribution is 0.663. The molecule has 0 saturated carbocycles. The number of allylic oxidation sites excluding steroid dienone is 1. The zero-order chi connectivity index (χ0) is 37.0. The van der Waals surface area contributed by atoms with E-state index < -0.39 is 0 Å². The normalized spacial score (nSPS) is 14.2. The van der Waals surface area contributed by atoms with Crippen LogP contribution in [0, 0.1) is 0 Å². The Hall–Kier alpha value is -7.43. The highest BCUT2D eigenvalue weighted by Crippen LogP contribution is 2.39. The van der Waals surface area contributed by atoms with E-state index >= 15 is 0 Å². The minimum atomic E-state index is -0.257. The highest BCUT2D eigenvalue weighted by Gasteiger charge is 2.21. The van der Waals surface area contributed by atoms with E-state index in [1.54, 1.807) is 0 Å². The molecule has 1 unspecified atom stereocenters. The molecule has 1 aliphatic rings. The maximum Gasteiger partial charge on any atom is 0.145 e. The van der Waals surface area contributed by atoms with Gasteiger partial charge >= 0.3 is 0 Å². The van der Waals surface area contributed by atoms with Gasteiger partial charge in [-0.3, -0.25) is 4.99 Å². The Kier molecular flexibility index (Phi) is 7.52. The summed E-state index contributed by atoms with van der Waals surface area (Å²) in [7, 11) is 0. The molecule has 3 heterocycles. The van der Waals surface area contributed by atoms with Gasteiger partial charge in [-0.1, -0.05) is 140 Å². The van der Waals surface area contributed by atoms with E-state index in [0.717, 1.165) is 33.8 Å². The molecule has 11 rings (SSSR count). The number of aliphatic imine (C=N–C) groups is 1. The number of fused-ring (bicyclic) bond motifs is 6. The third-order valence-corrected chi connectivity index (χ3v) is 11.1. The zero-order valence-electron chi connectivity index (χ0n) is 30.5. The van der Waals surface area contributed by atoms with E-state index in [4.69, 9.17) is 4.99 Å². The molecule has 8 aromatic carbocycles. The molecule has 10 aromatic rings. The molecule has 0 amide bonds. The first kappa shape index (κ1) is 32.0. The Labute approximate surface area is 324 Å². The van der Waals surface area contributed by atoms with Crippen molar-refractivity contribution in [2.45, 2.75) is 6.17 Å². The van der Waals surface area contributed by atoms with Gasteiger partial charge in [-0.15, -0.1) is 0 Å². The average Bonchev–Trinajstić information content (AvgIpc) is 3.79. The van der Waals surface area contributed by atoms with Gasteiger partial charge in [-0.25, -0.2) is 0 Å². The summed E-state index contributed by atoms with van der Waals surface area (Å²) in [4.78, 5) is 5.27. The molecule has 0 bridgehead atoms. The second-order valence-corrected chi connectivity index (χ2v) is 14.5. The molecule has 2 aromatic heterocycles. The Morgan fingerprint density at radius 1 is 0.375 bits per heavy atom. The lowest BCUT2D eigenvalue weighted by Crippen LogP contribution is -2.25. The first-order valence-electron chi connectivity index (χ1n) is 19.2. The zero-order valence-corrected chi connectivity index (χ0v) is 30.5. The van der Waals surface area contributed by atoms with Crippen LogP contribution in [-0.4, -0.2) is 14.8 Å². The predicted octanol–water partition coefficient (Wildman–Crippen LogP) is 12.7. The van der Waals surface area contributed by atoms with Crippen molar-refractivity contribution in [3.8, 4) is 22.5 Å². The maximum absolute atomic E-state index is 5.27. The van der Waals surface area contributed by atoms with Gasteiger partial charge in [0.15, 0.2) is 0 Å². The van der Waals surface area contributed by atoms with Crippen LogP contribution in [0.5, 0.6) is 0 Å². The highest BCUT2D eigenvalue weighted by atomic mass is 15.1. The molecular weight excluding hydrogens is 681 g/mol. The van der Waals surface area contributed by atoms with Crippen molar-refractivity contribution in [2.75, 3.05) is 0 Å². The van der Waals surface area contributed by atoms with Crippen LogP contribution in [0.4, 0.5) is 0 Å². The minimum Gasteiger partial charge on any atom is -0.360 e. The van der Waals surface area contributed by atoms with E-state index in [9.17, 15) is 0 Å². The van der Waals surface area contributed by atoms with Crippen LogP contribution in [-0.2, 0) is 0 Å². The first-order valence-corrected chi connectivity index (χ1v) is 19.2. The van der Waals surface area contributed by atoms with Gasteiger partial charge < -0.3 is 14.5 Å². The van der Waals surface area contributed by atoms with Gasteiger partial charge in [0.2, 0.25) is 0 Å². The van der Waals surface area contributed by atoms with Crippen LogP contribution >= 0.6 is 0 Å². The Morgan fingerprint density at radius 3 is 1.50 bits per heavy atom. The maximum atomic E-state index is 5.27. The summed E-state index contributed by atoms with van der Waals surface area (Å²) in [6.07, 6.45) is 1.90. The van der Waals surface area contributed by atoms with Crippen molar-refractivity contribution >= 4 is 55.0 Å². The van der Waals surface area contributed by atoms with Gasteiger partial charge in [-0.05, 0) is 94.6 Å². The second kappa shape index (κ2) is 13.2. The molecule has 0 aliphatic carbocycles. The molecule has 1 N–H and O–H groups in total. The van der Waals surface area contributed by atoms with Crippen molar-refractivity contribution in [1.82, 2.24) is 14.5 Å². The van der Waals surface area contributed by atoms with Crippen molar-refractivity contribution < 1.29 is 0 Å². The molecule has 0 saturated heterocycles. The second-order valence-electron chi connectivity index (χ2n) is 14.5. The van der Waals surface area contributed by atoms with E-state index in [2.05, 4.69) is 215 Å². The Bertz CT molecular complexity index is 3150. The molecule has 56 heavy (non-hydrogen) atoms.